The Bertz CT molecular complexity index is 449. The first-order valence-corrected chi connectivity index (χ1v) is 6.10. The monoisotopic (exact) mass is 255 g/mol. The van der Waals surface area contributed by atoms with Crippen molar-refractivity contribution >= 4 is 5.57 Å². The van der Waals surface area contributed by atoms with Crippen LogP contribution in [0, 0.1) is 0 Å². The van der Waals surface area contributed by atoms with Gasteiger partial charge in [-0.25, -0.2) is 0 Å². The van der Waals surface area contributed by atoms with Gasteiger partial charge in [-0.05, 0) is 36.1 Å². The van der Waals surface area contributed by atoms with Gasteiger partial charge in [-0.3, -0.25) is 0 Å². The minimum Gasteiger partial charge on any atom is -0.310 e. The van der Waals surface area contributed by atoms with E-state index in [-0.39, 0.29) is 0 Å². The maximum absolute atomic E-state index is 12.6. The minimum absolute atomic E-state index is 0.361. The van der Waals surface area contributed by atoms with Crippen molar-refractivity contribution in [3.8, 4) is 0 Å². The molecule has 0 bridgehead atoms. The summed E-state index contributed by atoms with van der Waals surface area (Å²) in [5.41, 5.74) is 1.11. The van der Waals surface area contributed by atoms with Crippen molar-refractivity contribution in [1.29, 1.82) is 0 Å². The van der Waals surface area contributed by atoms with Crippen LogP contribution in [0.2, 0.25) is 0 Å². The maximum atomic E-state index is 12.6. The quantitative estimate of drug-likeness (QED) is 0.846. The molecule has 2 rings (SSSR count). The van der Waals surface area contributed by atoms with Crippen LogP contribution >= 0.6 is 0 Å². The molecule has 1 heterocycles. The fourth-order valence-electron chi connectivity index (χ4n) is 2.19. The SMILES string of the molecule is CCC1CC(c2cccc(C(F)(F)F)c2)=CCN1. The molecule has 1 atom stereocenters. The van der Waals surface area contributed by atoms with Crippen molar-refractivity contribution < 1.29 is 13.2 Å². The molecule has 18 heavy (non-hydrogen) atoms. The normalized spacial score (nSPS) is 20.7. The minimum atomic E-state index is -4.27. The van der Waals surface area contributed by atoms with Gasteiger partial charge in [-0.15, -0.1) is 0 Å². The molecule has 0 saturated carbocycles. The number of nitrogens with one attached hydrogen (secondary N) is 1. The Morgan fingerprint density at radius 3 is 2.78 bits per heavy atom. The van der Waals surface area contributed by atoms with Crippen LogP contribution in [0.4, 0.5) is 13.2 Å². The Morgan fingerprint density at radius 2 is 2.11 bits per heavy atom. The highest BCUT2D eigenvalue weighted by Gasteiger charge is 2.30. The molecule has 1 aromatic carbocycles. The standard InChI is InChI=1S/C14H16F3N/c1-2-13-9-11(6-7-18-13)10-4-3-5-12(8-10)14(15,16)17/h3-6,8,13,18H,2,7,9H2,1H3. The molecule has 1 unspecified atom stereocenters. The second kappa shape index (κ2) is 5.14. The summed E-state index contributed by atoms with van der Waals surface area (Å²) in [4.78, 5) is 0. The van der Waals surface area contributed by atoms with E-state index >= 15 is 0 Å². The Kier molecular flexibility index (Phi) is 3.76. The molecule has 4 heteroatoms. The molecule has 0 radical (unpaired) electrons. The van der Waals surface area contributed by atoms with E-state index < -0.39 is 11.7 Å². The van der Waals surface area contributed by atoms with E-state index in [0.29, 0.717) is 11.6 Å². The van der Waals surface area contributed by atoms with Gasteiger partial charge in [0, 0.05) is 12.6 Å². The van der Waals surface area contributed by atoms with E-state index in [1.165, 1.54) is 12.1 Å². The van der Waals surface area contributed by atoms with Crippen LogP contribution < -0.4 is 5.32 Å². The van der Waals surface area contributed by atoms with Crippen LogP contribution in [-0.2, 0) is 6.18 Å². The lowest BCUT2D eigenvalue weighted by Gasteiger charge is -2.23. The summed E-state index contributed by atoms with van der Waals surface area (Å²) in [7, 11) is 0. The van der Waals surface area contributed by atoms with Gasteiger partial charge in [0.05, 0.1) is 5.56 Å². The topological polar surface area (TPSA) is 12.0 Å². The number of benzene rings is 1. The second-order valence-corrected chi connectivity index (χ2v) is 4.53. The molecule has 1 N–H and O–H groups in total. The van der Waals surface area contributed by atoms with Crippen LogP contribution in [0.25, 0.3) is 5.57 Å². The van der Waals surface area contributed by atoms with Crippen molar-refractivity contribution in [2.45, 2.75) is 32.0 Å². The summed E-state index contributed by atoms with van der Waals surface area (Å²) >= 11 is 0. The fraction of sp³-hybridized carbons (Fsp3) is 0.429. The highest BCUT2D eigenvalue weighted by atomic mass is 19.4. The number of hydrogen-bond acceptors (Lipinski definition) is 1. The number of halogens is 3. The molecule has 0 aliphatic carbocycles. The third kappa shape index (κ3) is 2.93. The Morgan fingerprint density at radius 1 is 1.33 bits per heavy atom. The Hall–Kier alpha value is -1.29. The average molecular weight is 255 g/mol. The van der Waals surface area contributed by atoms with Crippen molar-refractivity contribution in [2.24, 2.45) is 0 Å². The number of hydrogen-bond donors (Lipinski definition) is 1. The first-order valence-electron chi connectivity index (χ1n) is 6.10. The van der Waals surface area contributed by atoms with Gasteiger partial charge in [-0.2, -0.15) is 13.2 Å². The zero-order chi connectivity index (χ0) is 13.2. The lowest BCUT2D eigenvalue weighted by atomic mass is 9.93. The summed E-state index contributed by atoms with van der Waals surface area (Å²) in [6.07, 6.45) is -0.524. The molecule has 1 aliphatic rings. The zero-order valence-corrected chi connectivity index (χ0v) is 10.2. The van der Waals surface area contributed by atoms with E-state index in [9.17, 15) is 13.2 Å². The third-order valence-corrected chi connectivity index (χ3v) is 3.27. The first-order chi connectivity index (χ1) is 8.50. The van der Waals surface area contributed by atoms with Crippen LogP contribution in [0.3, 0.4) is 0 Å². The van der Waals surface area contributed by atoms with Crippen LogP contribution in [0.5, 0.6) is 0 Å². The molecule has 1 nitrogen and oxygen atoms in total. The molecule has 0 fully saturated rings. The summed E-state index contributed by atoms with van der Waals surface area (Å²) < 4.78 is 37.9. The Balaban J connectivity index is 2.26. The molecular weight excluding hydrogens is 239 g/mol. The van der Waals surface area contributed by atoms with Gasteiger partial charge in [0.15, 0.2) is 0 Å². The predicted molar refractivity (Wildman–Crippen MR) is 66.1 cm³/mol. The van der Waals surface area contributed by atoms with Gasteiger partial charge in [0.1, 0.15) is 0 Å². The molecule has 0 amide bonds. The summed E-state index contributed by atoms with van der Waals surface area (Å²) in [6.45, 7) is 2.80. The lowest BCUT2D eigenvalue weighted by Crippen LogP contribution is -2.32. The van der Waals surface area contributed by atoms with E-state index in [1.807, 2.05) is 6.08 Å². The Labute approximate surface area is 105 Å². The van der Waals surface area contributed by atoms with Crippen LogP contribution in [-0.4, -0.2) is 12.6 Å². The van der Waals surface area contributed by atoms with Crippen molar-refractivity contribution in [2.75, 3.05) is 6.54 Å². The molecular formula is C14H16F3N. The second-order valence-electron chi connectivity index (χ2n) is 4.53. The molecule has 0 spiro atoms. The van der Waals surface area contributed by atoms with Gasteiger partial charge in [0.2, 0.25) is 0 Å². The summed E-state index contributed by atoms with van der Waals surface area (Å²) in [5.74, 6) is 0. The van der Waals surface area contributed by atoms with Gasteiger partial charge in [-0.1, -0.05) is 25.1 Å². The fourth-order valence-corrected chi connectivity index (χ4v) is 2.19. The van der Waals surface area contributed by atoms with Crippen molar-refractivity contribution in [3.63, 3.8) is 0 Å². The summed E-state index contributed by atoms with van der Waals surface area (Å²) in [5, 5.41) is 3.31. The number of alkyl halides is 3. The van der Waals surface area contributed by atoms with Crippen molar-refractivity contribution in [3.05, 3.63) is 41.5 Å². The third-order valence-electron chi connectivity index (χ3n) is 3.27. The maximum Gasteiger partial charge on any atom is 0.416 e. The van der Waals surface area contributed by atoms with Crippen molar-refractivity contribution in [1.82, 2.24) is 5.32 Å². The molecule has 0 saturated heterocycles. The van der Waals surface area contributed by atoms with Gasteiger partial charge >= 0.3 is 6.18 Å². The molecule has 1 aliphatic heterocycles. The average Bonchev–Trinajstić information content (AvgIpc) is 2.38. The van der Waals surface area contributed by atoms with Gasteiger partial charge < -0.3 is 5.32 Å². The predicted octanol–water partition coefficient (Wildman–Crippen LogP) is 3.86. The highest BCUT2D eigenvalue weighted by Crippen LogP contribution is 2.32. The largest absolute Gasteiger partial charge is 0.416 e. The summed E-state index contributed by atoms with van der Waals surface area (Å²) in [6, 6.07) is 5.94. The van der Waals surface area contributed by atoms with Crippen LogP contribution in [0.15, 0.2) is 30.3 Å². The van der Waals surface area contributed by atoms with E-state index in [0.717, 1.165) is 31.0 Å². The zero-order valence-electron chi connectivity index (χ0n) is 10.2. The molecule has 0 aromatic heterocycles. The smallest absolute Gasteiger partial charge is 0.310 e. The molecule has 1 aromatic rings. The van der Waals surface area contributed by atoms with E-state index in [4.69, 9.17) is 0 Å². The lowest BCUT2D eigenvalue weighted by molar-refractivity contribution is -0.137. The van der Waals surface area contributed by atoms with E-state index in [1.54, 1.807) is 6.07 Å². The first kappa shape index (κ1) is 13.1. The van der Waals surface area contributed by atoms with E-state index in [2.05, 4.69) is 12.2 Å². The highest BCUT2D eigenvalue weighted by molar-refractivity contribution is 5.67. The van der Waals surface area contributed by atoms with Gasteiger partial charge in [0.25, 0.3) is 0 Å². The van der Waals surface area contributed by atoms with Crippen LogP contribution in [0.1, 0.15) is 30.9 Å². The molecule has 98 valence electrons. The number of rotatable bonds is 2.